The fourth-order valence-electron chi connectivity index (χ4n) is 6.78. The van der Waals surface area contributed by atoms with Crippen molar-refractivity contribution in [2.75, 3.05) is 11.5 Å². The summed E-state index contributed by atoms with van der Waals surface area (Å²) in [5.74, 6) is 0. The molecule has 0 fully saturated rings. The largest absolute Gasteiger partial charge is 0.399 e. The number of nitro groups is 2. The fourth-order valence-corrected chi connectivity index (χ4v) is 12.4. The number of hydrogen-bond acceptors (Lipinski definition) is 8. The number of nitrogens with zero attached hydrogens (tertiary/aromatic N) is 2. The summed E-state index contributed by atoms with van der Waals surface area (Å²) in [7, 11) is 0. The topological polar surface area (TPSA) is 138 Å². The molecule has 0 aromatic heterocycles. The van der Waals surface area contributed by atoms with Gasteiger partial charge in [0.2, 0.25) is 0 Å². The van der Waals surface area contributed by atoms with Gasteiger partial charge in [-0.1, -0.05) is 175 Å². The third-order valence-electron chi connectivity index (χ3n) is 10.1. The molecular formula is C48H24Cl12N4O4S2. The Hall–Kier alpha value is -3.66. The number of benzene rings is 8. The molecule has 356 valence electrons. The van der Waals surface area contributed by atoms with Crippen molar-refractivity contribution < 1.29 is 9.85 Å². The van der Waals surface area contributed by atoms with E-state index in [1.165, 1.54) is 59.9 Å². The van der Waals surface area contributed by atoms with Gasteiger partial charge < -0.3 is 11.5 Å². The van der Waals surface area contributed by atoms with Gasteiger partial charge in [-0.3, -0.25) is 20.2 Å². The van der Waals surface area contributed by atoms with Crippen molar-refractivity contribution in [3.8, 4) is 44.5 Å². The SMILES string of the molecule is Nc1ccc(-c2c(Cl)ccc(Sc3ccc(Cl)c(-c4ccc(N)cc4Cl)c3Cl)c2Cl)c(Cl)c1.O=[N+]([O-])c1ccc(-c2c(Cl)ccc(Sc3ccc(Cl)c(-c4ccc([N+](=O)[O-])cc4Cl)c3Cl)c2Cl)c(Cl)c1. The third kappa shape index (κ3) is 11.7. The summed E-state index contributed by atoms with van der Waals surface area (Å²) in [6, 6.07) is 32.2. The van der Waals surface area contributed by atoms with Crippen LogP contribution < -0.4 is 11.5 Å². The minimum Gasteiger partial charge on any atom is -0.399 e. The molecule has 0 spiro atoms. The number of halogens is 12. The van der Waals surface area contributed by atoms with Gasteiger partial charge in [-0.2, -0.15) is 0 Å². The minimum atomic E-state index is -0.553. The van der Waals surface area contributed by atoms with Crippen LogP contribution in [0.25, 0.3) is 44.5 Å². The number of rotatable bonds is 10. The Morgan fingerprint density at radius 2 is 0.571 bits per heavy atom. The van der Waals surface area contributed by atoms with Crippen LogP contribution in [0.15, 0.2) is 141 Å². The zero-order valence-corrected chi connectivity index (χ0v) is 45.3. The number of nitro benzene ring substituents is 2. The lowest BCUT2D eigenvalue weighted by molar-refractivity contribution is -0.385. The highest BCUT2D eigenvalue weighted by atomic mass is 35.5. The predicted octanol–water partition coefficient (Wildman–Crippen LogP) is 21.2. The van der Waals surface area contributed by atoms with Crippen LogP contribution in [0.1, 0.15) is 0 Å². The number of hydrogen-bond donors (Lipinski definition) is 2. The molecule has 0 unspecified atom stereocenters. The average Bonchev–Trinajstić information content (AvgIpc) is 3.29. The molecule has 0 bridgehead atoms. The maximum Gasteiger partial charge on any atom is 0.270 e. The van der Waals surface area contributed by atoms with E-state index in [9.17, 15) is 20.2 Å². The third-order valence-corrected chi connectivity index (χ3v) is 16.8. The van der Waals surface area contributed by atoms with E-state index < -0.39 is 9.85 Å². The van der Waals surface area contributed by atoms with Crippen LogP contribution in [0.3, 0.4) is 0 Å². The first-order valence-corrected chi connectivity index (χ1v) is 25.6. The smallest absolute Gasteiger partial charge is 0.270 e. The van der Waals surface area contributed by atoms with Gasteiger partial charge in [-0.05, 0) is 84.9 Å². The molecule has 8 nitrogen and oxygen atoms in total. The summed E-state index contributed by atoms with van der Waals surface area (Å²) < 4.78 is 0. The van der Waals surface area contributed by atoms with Crippen LogP contribution in [0.4, 0.5) is 22.7 Å². The molecule has 0 saturated heterocycles. The van der Waals surface area contributed by atoms with Crippen molar-refractivity contribution in [3.05, 3.63) is 202 Å². The van der Waals surface area contributed by atoms with E-state index in [0.717, 1.165) is 9.79 Å². The zero-order chi connectivity index (χ0) is 50.9. The van der Waals surface area contributed by atoms with Crippen LogP contribution in [-0.2, 0) is 0 Å². The van der Waals surface area contributed by atoms with Gasteiger partial charge in [0.05, 0.1) is 70.1 Å². The first-order valence-electron chi connectivity index (χ1n) is 19.4. The van der Waals surface area contributed by atoms with Crippen LogP contribution in [-0.4, -0.2) is 9.85 Å². The zero-order valence-electron chi connectivity index (χ0n) is 34.6. The second-order valence-electron chi connectivity index (χ2n) is 14.5. The van der Waals surface area contributed by atoms with Gasteiger partial charge in [0.25, 0.3) is 11.4 Å². The number of nitrogen functional groups attached to an aromatic ring is 2. The monoisotopic (exact) mass is 1200 g/mol. The maximum absolute atomic E-state index is 11.1. The van der Waals surface area contributed by atoms with E-state index in [-0.39, 0.29) is 31.5 Å². The lowest BCUT2D eigenvalue weighted by Gasteiger charge is -2.16. The average molecular weight is 1210 g/mol. The summed E-state index contributed by atoms with van der Waals surface area (Å²) in [5.41, 5.74) is 16.6. The summed E-state index contributed by atoms with van der Waals surface area (Å²) in [4.78, 5) is 23.7. The molecule has 8 aromatic carbocycles. The van der Waals surface area contributed by atoms with E-state index in [0.29, 0.717) is 106 Å². The highest BCUT2D eigenvalue weighted by Gasteiger charge is 2.24. The van der Waals surface area contributed by atoms with E-state index in [1.54, 1.807) is 72.8 Å². The second kappa shape index (κ2) is 23.0. The number of nitrogens with two attached hydrogens (primary N) is 2. The van der Waals surface area contributed by atoms with Gasteiger partial charge in [0.15, 0.2) is 0 Å². The first-order chi connectivity index (χ1) is 33.2. The highest BCUT2D eigenvalue weighted by molar-refractivity contribution is 7.99. The lowest BCUT2D eigenvalue weighted by atomic mass is 10.0. The summed E-state index contributed by atoms with van der Waals surface area (Å²) in [5, 5.41) is 26.2. The van der Waals surface area contributed by atoms with E-state index in [2.05, 4.69) is 0 Å². The van der Waals surface area contributed by atoms with Crippen molar-refractivity contribution in [2.45, 2.75) is 19.6 Å². The molecule has 22 heteroatoms. The summed E-state index contributed by atoms with van der Waals surface area (Å²) >= 11 is 81.0. The predicted molar refractivity (Wildman–Crippen MR) is 298 cm³/mol. The lowest BCUT2D eigenvalue weighted by Crippen LogP contribution is -1.91. The molecule has 0 radical (unpaired) electrons. The quantitative estimate of drug-likeness (QED) is 0.0784. The van der Waals surface area contributed by atoms with Crippen LogP contribution in [0.2, 0.25) is 60.3 Å². The molecule has 8 aromatic rings. The number of non-ortho nitro benzene ring substituents is 2. The number of anilines is 2. The first kappa shape index (κ1) is 54.1. The van der Waals surface area contributed by atoms with E-state index in [4.69, 9.17) is 151 Å². The normalized spacial score (nSPS) is 11.0. The van der Waals surface area contributed by atoms with Crippen LogP contribution in [0, 0.1) is 20.2 Å². The molecule has 0 aliphatic heterocycles. The van der Waals surface area contributed by atoms with Crippen molar-refractivity contribution in [3.63, 3.8) is 0 Å². The van der Waals surface area contributed by atoms with Gasteiger partial charge in [0, 0.05) is 99.7 Å². The Morgan fingerprint density at radius 3 is 0.800 bits per heavy atom. The fraction of sp³-hybridized carbons (Fsp3) is 0. The maximum atomic E-state index is 11.1. The van der Waals surface area contributed by atoms with Crippen molar-refractivity contribution in [1.82, 2.24) is 0 Å². The van der Waals surface area contributed by atoms with Crippen molar-refractivity contribution >= 4 is 185 Å². The molecule has 0 amide bonds. The van der Waals surface area contributed by atoms with Crippen molar-refractivity contribution in [2.24, 2.45) is 0 Å². The molecule has 0 atom stereocenters. The van der Waals surface area contributed by atoms with E-state index in [1.807, 2.05) is 12.1 Å². The van der Waals surface area contributed by atoms with Gasteiger partial charge in [-0.15, -0.1) is 0 Å². The summed E-state index contributed by atoms with van der Waals surface area (Å²) in [6.45, 7) is 0. The Morgan fingerprint density at radius 1 is 0.329 bits per heavy atom. The van der Waals surface area contributed by atoms with E-state index >= 15 is 0 Å². The Balaban J connectivity index is 0.000000208. The van der Waals surface area contributed by atoms with Crippen LogP contribution in [0.5, 0.6) is 0 Å². The molecule has 0 saturated carbocycles. The molecule has 8 rings (SSSR count). The van der Waals surface area contributed by atoms with Gasteiger partial charge in [0.1, 0.15) is 0 Å². The van der Waals surface area contributed by atoms with Crippen molar-refractivity contribution in [1.29, 1.82) is 0 Å². The second-order valence-corrected chi connectivity index (χ2v) is 21.4. The Bertz CT molecular complexity index is 3220. The molecule has 0 heterocycles. The molecule has 4 N–H and O–H groups in total. The Labute approximate surface area is 468 Å². The molecular weight excluding hydrogens is 1190 g/mol. The van der Waals surface area contributed by atoms with Crippen LogP contribution >= 0.6 is 163 Å². The van der Waals surface area contributed by atoms with Gasteiger partial charge in [-0.25, -0.2) is 0 Å². The molecule has 0 aliphatic carbocycles. The van der Waals surface area contributed by atoms with Gasteiger partial charge >= 0.3 is 0 Å². The molecule has 0 aliphatic rings. The highest BCUT2D eigenvalue weighted by Crippen LogP contribution is 2.51. The minimum absolute atomic E-state index is 0.111. The summed E-state index contributed by atoms with van der Waals surface area (Å²) in [6.07, 6.45) is 0. The standard InChI is InChI=1S/C24H10Cl6N2O4S.C24H14Cl6N2S/c25-15-5-7-19(23(29)21(15)13-3-1-11(31(33)34)9-17(13)27)37-20-8-6-16(26)22(24(20)30)14-4-2-12(32(35)36)10-18(14)28;25-15-5-7-19(23(29)21(15)13-3-1-11(31)9-17(13)27)33-20-8-6-16(26)22(24(20)30)14-4-2-12(32)10-18(14)28/h1-10H;1-10H,31-32H2. The molecule has 70 heavy (non-hydrogen) atoms. The Kier molecular flexibility index (Phi) is 17.8.